The van der Waals surface area contributed by atoms with Crippen molar-refractivity contribution in [2.75, 3.05) is 25.1 Å². The Kier molecular flexibility index (Phi) is 14.3. The summed E-state index contributed by atoms with van der Waals surface area (Å²) in [6, 6.07) is 21.7. The molecule has 1 amide bonds. The van der Waals surface area contributed by atoms with Crippen LogP contribution in [0.15, 0.2) is 77.4 Å². The summed E-state index contributed by atoms with van der Waals surface area (Å²) in [6.45, 7) is 1.69. The van der Waals surface area contributed by atoms with Crippen molar-refractivity contribution >= 4 is 64.4 Å². The third-order valence-corrected chi connectivity index (χ3v) is 10.4. The van der Waals surface area contributed by atoms with E-state index < -0.39 is 34.6 Å². The van der Waals surface area contributed by atoms with E-state index in [0.29, 0.717) is 27.0 Å². The van der Waals surface area contributed by atoms with E-state index in [1.165, 1.54) is 0 Å². The average Bonchev–Trinajstić information content (AvgIpc) is 3.09. The van der Waals surface area contributed by atoms with Crippen molar-refractivity contribution in [3.8, 4) is 0 Å². The number of benzene rings is 3. The van der Waals surface area contributed by atoms with Crippen molar-refractivity contribution in [1.82, 2.24) is 4.90 Å². The van der Waals surface area contributed by atoms with E-state index >= 15 is 0 Å². The summed E-state index contributed by atoms with van der Waals surface area (Å²) in [5.74, 6) is -2.25. The highest BCUT2D eigenvalue weighted by molar-refractivity contribution is 7.99. The number of anilines is 2. The number of amides is 1. The lowest BCUT2D eigenvalue weighted by molar-refractivity contribution is -0.175. The lowest BCUT2D eigenvalue weighted by Crippen LogP contribution is -2.50. The van der Waals surface area contributed by atoms with E-state index in [1.54, 1.807) is 54.3 Å². The first-order chi connectivity index (χ1) is 23.6. The van der Waals surface area contributed by atoms with Crippen molar-refractivity contribution in [3.63, 3.8) is 0 Å². The van der Waals surface area contributed by atoms with Crippen LogP contribution >= 0.6 is 35.1 Å². The molecule has 3 aromatic rings. The molecular weight excluding hydrogens is 689 g/mol. The largest absolute Gasteiger partial charge is 0.479 e. The minimum Gasteiger partial charge on any atom is -0.479 e. The van der Waals surface area contributed by atoms with Gasteiger partial charge in [-0.15, -0.1) is 4.91 Å². The van der Waals surface area contributed by atoms with E-state index in [0.717, 1.165) is 49.6 Å². The van der Waals surface area contributed by atoms with Crippen LogP contribution in [0.3, 0.4) is 0 Å². The Bertz CT molecular complexity index is 1570. The third kappa shape index (κ3) is 10.7. The van der Waals surface area contributed by atoms with E-state index in [1.807, 2.05) is 30.3 Å². The van der Waals surface area contributed by atoms with Crippen molar-refractivity contribution in [1.29, 1.82) is 0 Å². The fourth-order valence-electron chi connectivity index (χ4n) is 6.01. The zero-order chi connectivity index (χ0) is 35.3. The molecule has 0 bridgehead atoms. The highest BCUT2D eigenvalue weighted by atomic mass is 35.5. The number of rotatable bonds is 18. The number of carboxylic acid groups (broad SMARTS) is 1. The van der Waals surface area contributed by atoms with Crippen LogP contribution in [0.4, 0.5) is 11.4 Å². The van der Waals surface area contributed by atoms with Gasteiger partial charge in [0.1, 0.15) is 6.61 Å². The first kappa shape index (κ1) is 38.2. The molecule has 1 aliphatic carbocycles. The first-order valence-corrected chi connectivity index (χ1v) is 17.8. The second-order valence-corrected chi connectivity index (χ2v) is 14.1. The van der Waals surface area contributed by atoms with Crippen LogP contribution in [0.25, 0.3) is 0 Å². The highest BCUT2D eigenvalue weighted by Gasteiger charge is 2.43. The molecule has 0 radical (unpaired) electrons. The molecular formula is C36H41Cl2N3O7S. The number of hydrogen-bond acceptors (Lipinski definition) is 9. The molecule has 0 aliphatic heterocycles. The monoisotopic (exact) mass is 729 g/mol. The summed E-state index contributed by atoms with van der Waals surface area (Å²) < 4.78 is 13.9. The summed E-state index contributed by atoms with van der Waals surface area (Å²) in [7, 11) is 0. The van der Waals surface area contributed by atoms with Gasteiger partial charge in [0.05, 0.1) is 39.9 Å². The predicted molar refractivity (Wildman–Crippen MR) is 193 cm³/mol. The minimum absolute atomic E-state index is 0.000628. The predicted octanol–water partition coefficient (Wildman–Crippen LogP) is 8.61. The number of aliphatic carboxylic acids is 1. The number of ether oxygens (including phenoxy) is 2. The van der Waals surface area contributed by atoms with Gasteiger partial charge in [0.15, 0.2) is 5.60 Å². The van der Waals surface area contributed by atoms with Gasteiger partial charge >= 0.3 is 11.9 Å². The fourth-order valence-corrected chi connectivity index (χ4v) is 7.34. The molecule has 13 heteroatoms. The molecule has 1 saturated carbocycles. The van der Waals surface area contributed by atoms with Gasteiger partial charge in [-0.25, -0.2) is 4.79 Å². The number of carboxylic acids is 1. The van der Waals surface area contributed by atoms with Crippen molar-refractivity contribution < 1.29 is 29.0 Å². The van der Waals surface area contributed by atoms with Crippen LogP contribution in [-0.2, 0) is 36.8 Å². The van der Waals surface area contributed by atoms with Gasteiger partial charge in [-0.05, 0) is 48.6 Å². The maximum absolute atomic E-state index is 14.0. The first-order valence-electron chi connectivity index (χ1n) is 16.2. The summed E-state index contributed by atoms with van der Waals surface area (Å²) in [4.78, 5) is 52.5. The molecule has 3 aromatic carbocycles. The summed E-state index contributed by atoms with van der Waals surface area (Å²) in [6.07, 6.45) is 3.84. The number of carbonyl (C=O) groups excluding carboxylic acids is 2. The number of nitrogens with one attached hydrogen (secondary N) is 1. The van der Waals surface area contributed by atoms with Crippen LogP contribution in [0.1, 0.15) is 63.0 Å². The molecule has 4 rings (SSSR count). The number of nitrogens with zero attached hydrogens (tertiary/aromatic N) is 2. The van der Waals surface area contributed by atoms with E-state index in [4.69, 9.17) is 32.7 Å². The van der Waals surface area contributed by atoms with Gasteiger partial charge in [0.2, 0.25) is 5.91 Å². The topological polar surface area (TPSA) is 135 Å². The number of nitroso groups, excluding NO2 is 1. The number of para-hydroxylation sites is 2. The Morgan fingerprint density at radius 3 is 2.29 bits per heavy atom. The smallest absolute Gasteiger partial charge is 0.336 e. The van der Waals surface area contributed by atoms with Crippen LogP contribution < -0.4 is 5.32 Å². The molecule has 1 atom stereocenters. The Hall–Kier alpha value is -3.64. The van der Waals surface area contributed by atoms with Gasteiger partial charge in [-0.3, -0.25) is 9.59 Å². The lowest BCUT2D eigenvalue weighted by Gasteiger charge is -2.39. The SMILES string of the molecule is CCC(CC(=O)N(Cc1ccccc1)CC1(SN=O)CCCCC1)(OCCOC(=O)Cc1ccccc1Nc1c(Cl)cccc1Cl)C(=O)O. The van der Waals surface area contributed by atoms with Crippen LogP contribution in [0, 0.1) is 4.91 Å². The average molecular weight is 731 g/mol. The molecule has 1 fully saturated rings. The van der Waals surface area contributed by atoms with Crippen LogP contribution in [0.2, 0.25) is 10.0 Å². The molecule has 1 unspecified atom stereocenters. The maximum atomic E-state index is 14.0. The van der Waals surface area contributed by atoms with Crippen LogP contribution in [0.5, 0.6) is 0 Å². The maximum Gasteiger partial charge on any atom is 0.336 e. The minimum atomic E-state index is -1.85. The van der Waals surface area contributed by atoms with Crippen molar-refractivity contribution in [2.24, 2.45) is 4.58 Å². The zero-order valence-electron chi connectivity index (χ0n) is 27.4. The third-order valence-electron chi connectivity index (χ3n) is 8.74. The van der Waals surface area contributed by atoms with Gasteiger partial charge in [-0.2, -0.15) is 0 Å². The summed E-state index contributed by atoms with van der Waals surface area (Å²) in [5.41, 5.74) is 0.800. The Balaban J connectivity index is 1.40. The molecule has 0 aromatic heterocycles. The zero-order valence-corrected chi connectivity index (χ0v) is 29.7. The Morgan fingerprint density at radius 2 is 1.63 bits per heavy atom. The van der Waals surface area contributed by atoms with Crippen molar-refractivity contribution in [2.45, 2.75) is 75.2 Å². The quantitative estimate of drug-likeness (QED) is 0.0571. The standard InChI is InChI=1S/C36H41Cl2N3O7S/c1-2-36(34(44)45,23-31(42)41(24-26-12-5-3-6-13-26)25-35(49-40-46)18-9-4-10-19-35)48-21-20-47-32(43)22-27-14-7-8-17-30(27)39-33-28(37)15-11-16-29(33)38/h3,5-8,11-17,39H,2,4,9-10,18-25H2,1H3,(H,44,45). The molecule has 10 nitrogen and oxygen atoms in total. The number of esters is 1. The number of halogens is 2. The van der Waals surface area contributed by atoms with E-state index in [-0.39, 0.29) is 39.1 Å². The second kappa shape index (κ2) is 18.4. The second-order valence-electron chi connectivity index (χ2n) is 12.1. The molecule has 0 heterocycles. The lowest BCUT2D eigenvalue weighted by atomic mass is 9.87. The Labute approximate surface area is 300 Å². The molecule has 2 N–H and O–H groups in total. The van der Waals surface area contributed by atoms with Crippen LogP contribution in [-0.4, -0.2) is 58.0 Å². The molecule has 0 saturated heterocycles. The molecule has 262 valence electrons. The molecule has 0 spiro atoms. The number of hydrogen-bond donors (Lipinski definition) is 2. The van der Waals surface area contributed by atoms with Gasteiger partial charge in [0, 0.05) is 35.3 Å². The van der Waals surface area contributed by atoms with E-state index in [9.17, 15) is 24.4 Å². The van der Waals surface area contributed by atoms with Gasteiger partial charge in [-0.1, -0.05) is 104 Å². The molecule has 49 heavy (non-hydrogen) atoms. The summed E-state index contributed by atoms with van der Waals surface area (Å²) in [5, 5.41) is 14.3. The van der Waals surface area contributed by atoms with Gasteiger partial charge < -0.3 is 24.8 Å². The normalized spacial score (nSPS) is 15.1. The Morgan fingerprint density at radius 1 is 0.959 bits per heavy atom. The fraction of sp³-hybridized carbons (Fsp3) is 0.417. The molecule has 1 aliphatic rings. The van der Waals surface area contributed by atoms with E-state index in [2.05, 4.69) is 9.90 Å². The van der Waals surface area contributed by atoms with Crippen molar-refractivity contribution in [3.05, 3.63) is 98.9 Å². The summed E-state index contributed by atoms with van der Waals surface area (Å²) >= 11 is 13.6. The highest BCUT2D eigenvalue weighted by Crippen LogP contribution is 2.42. The van der Waals surface area contributed by atoms with Gasteiger partial charge in [0.25, 0.3) is 0 Å². The number of carbonyl (C=O) groups is 3.